The second-order valence-electron chi connectivity index (χ2n) is 6.27. The van der Waals surface area contributed by atoms with E-state index >= 15 is 0 Å². The lowest BCUT2D eigenvalue weighted by Crippen LogP contribution is -2.38. The first kappa shape index (κ1) is 18.3. The van der Waals surface area contributed by atoms with Crippen LogP contribution < -0.4 is 10.5 Å². The van der Waals surface area contributed by atoms with Crippen molar-refractivity contribution in [1.82, 2.24) is 14.9 Å². The van der Waals surface area contributed by atoms with Crippen molar-refractivity contribution >= 4 is 10.0 Å². The fourth-order valence-corrected chi connectivity index (χ4v) is 3.40. The van der Waals surface area contributed by atoms with Gasteiger partial charge in [0.2, 0.25) is 10.0 Å². The number of dihydropyridines is 1. The fourth-order valence-electron chi connectivity index (χ4n) is 2.88. The molecule has 0 spiro atoms. The van der Waals surface area contributed by atoms with Gasteiger partial charge in [-0.25, -0.2) is 27.3 Å². The average Bonchev–Trinajstić information content (AvgIpc) is 3.00. The number of alkyl halides is 2. The van der Waals surface area contributed by atoms with Crippen molar-refractivity contribution in [3.63, 3.8) is 0 Å². The van der Waals surface area contributed by atoms with Gasteiger partial charge in [-0.1, -0.05) is 5.57 Å². The minimum atomic E-state index is -3.84. The highest BCUT2D eigenvalue weighted by atomic mass is 32.2. The van der Waals surface area contributed by atoms with Crippen LogP contribution in [-0.2, 0) is 15.6 Å². The summed E-state index contributed by atoms with van der Waals surface area (Å²) >= 11 is 0. The number of hydrogen-bond acceptors (Lipinski definition) is 4. The number of nitrogens with zero attached hydrogens (tertiary/aromatic N) is 2. The second-order valence-corrected chi connectivity index (χ2v) is 7.83. The normalized spacial score (nSPS) is 20.2. The number of sulfonamides is 1. The third-order valence-corrected chi connectivity index (χ3v) is 5.03. The smallest absolute Gasteiger partial charge is 0.281 e. The van der Waals surface area contributed by atoms with Crippen molar-refractivity contribution in [1.29, 1.82) is 0 Å². The maximum Gasteiger partial charge on any atom is 0.281 e. The molecule has 1 aliphatic heterocycles. The van der Waals surface area contributed by atoms with Gasteiger partial charge in [-0.15, -0.1) is 0 Å². The van der Waals surface area contributed by atoms with Crippen molar-refractivity contribution in [3.05, 3.63) is 65.9 Å². The van der Waals surface area contributed by atoms with Crippen LogP contribution in [-0.4, -0.2) is 18.0 Å². The molecule has 0 amide bonds. The Labute approximate surface area is 150 Å². The van der Waals surface area contributed by atoms with Crippen LogP contribution in [0, 0.1) is 0 Å². The number of hydrogen-bond donors (Lipinski definition) is 2. The average molecular weight is 380 g/mol. The Morgan fingerprint density at radius 1 is 1.27 bits per heavy atom. The zero-order valence-electron chi connectivity index (χ0n) is 14.1. The first-order chi connectivity index (χ1) is 12.1. The molecule has 1 aromatic heterocycles. The molecule has 2 heterocycles. The van der Waals surface area contributed by atoms with Crippen molar-refractivity contribution in [2.24, 2.45) is 5.14 Å². The van der Waals surface area contributed by atoms with Crippen LogP contribution in [0.25, 0.3) is 5.69 Å². The molecule has 0 aliphatic carbocycles. The zero-order valence-corrected chi connectivity index (χ0v) is 15.0. The molecule has 0 bridgehead atoms. The number of allylic oxidation sites excluding steroid dienone is 2. The Bertz CT molecular complexity index is 994. The summed E-state index contributed by atoms with van der Waals surface area (Å²) in [6.07, 6.45) is 4.01. The Kier molecular flexibility index (Phi) is 4.45. The molecule has 0 saturated heterocycles. The number of halogens is 2. The van der Waals surface area contributed by atoms with Gasteiger partial charge in [-0.3, -0.25) is 0 Å². The van der Waals surface area contributed by atoms with Gasteiger partial charge < -0.3 is 9.88 Å². The Hall–Kier alpha value is -2.52. The predicted octanol–water partition coefficient (Wildman–Crippen LogP) is 2.74. The highest BCUT2D eigenvalue weighted by molar-refractivity contribution is 7.89. The van der Waals surface area contributed by atoms with E-state index in [4.69, 9.17) is 5.14 Å². The number of primary sulfonamides is 1. The first-order valence-electron chi connectivity index (χ1n) is 7.75. The maximum atomic E-state index is 13.2. The molecule has 1 aliphatic rings. The molecule has 1 atom stereocenters. The molecule has 2 aromatic rings. The fraction of sp³-hybridized carbons (Fsp3) is 0.235. The molecule has 6 nitrogen and oxygen atoms in total. The molecule has 3 rings (SSSR count). The highest BCUT2D eigenvalue weighted by Crippen LogP contribution is 2.31. The van der Waals surface area contributed by atoms with Gasteiger partial charge in [0.15, 0.2) is 0 Å². The third kappa shape index (κ3) is 3.40. The number of aromatic nitrogens is 2. The van der Waals surface area contributed by atoms with Crippen molar-refractivity contribution in [2.75, 3.05) is 0 Å². The minimum Gasteiger partial charge on any atom is -0.376 e. The summed E-state index contributed by atoms with van der Waals surface area (Å²) in [5.74, 6) is 0.361. The maximum absolute atomic E-state index is 13.2. The van der Waals surface area contributed by atoms with E-state index in [1.54, 1.807) is 6.20 Å². The lowest BCUT2D eigenvalue weighted by molar-refractivity contribution is 0.146. The van der Waals surface area contributed by atoms with Crippen molar-refractivity contribution in [2.45, 2.75) is 30.7 Å². The van der Waals surface area contributed by atoms with Gasteiger partial charge in [0.1, 0.15) is 17.1 Å². The topological polar surface area (TPSA) is 90.0 Å². The lowest BCUT2D eigenvalue weighted by atomic mass is 9.95. The molecular formula is C17H18F2N4O2S. The molecule has 1 aromatic carbocycles. The van der Waals surface area contributed by atoms with Crippen LogP contribution in [0.1, 0.15) is 31.8 Å². The van der Waals surface area contributed by atoms with Gasteiger partial charge in [0.05, 0.1) is 4.90 Å². The van der Waals surface area contributed by atoms with E-state index in [-0.39, 0.29) is 10.6 Å². The van der Waals surface area contributed by atoms with E-state index in [0.717, 1.165) is 5.57 Å². The molecule has 9 heteroatoms. The summed E-state index contributed by atoms with van der Waals surface area (Å²) < 4.78 is 50.8. The summed E-state index contributed by atoms with van der Waals surface area (Å²) in [4.78, 5) is 4.06. The monoisotopic (exact) mass is 380 g/mol. The van der Waals surface area contributed by atoms with Crippen LogP contribution in [0.4, 0.5) is 8.78 Å². The number of imidazole rings is 1. The molecule has 0 saturated carbocycles. The van der Waals surface area contributed by atoms with E-state index in [0.29, 0.717) is 11.5 Å². The number of rotatable bonds is 4. The van der Waals surface area contributed by atoms with Gasteiger partial charge in [-0.05, 0) is 56.5 Å². The third-order valence-electron chi connectivity index (χ3n) is 4.10. The summed E-state index contributed by atoms with van der Waals surface area (Å²) in [5, 5.41) is 8.24. The zero-order chi connectivity index (χ0) is 19.1. The lowest BCUT2D eigenvalue weighted by Gasteiger charge is -2.30. The summed E-state index contributed by atoms with van der Waals surface area (Å²) in [6.45, 7) is 3.73. The molecule has 0 radical (unpaired) electrons. The largest absolute Gasteiger partial charge is 0.376 e. The van der Waals surface area contributed by atoms with Crippen LogP contribution in [0.5, 0.6) is 0 Å². The summed E-state index contributed by atoms with van der Waals surface area (Å²) in [6, 6.07) is 5.65. The van der Waals surface area contributed by atoms with Crippen LogP contribution >= 0.6 is 0 Å². The summed E-state index contributed by atoms with van der Waals surface area (Å²) in [7, 11) is -3.84. The number of nitrogens with one attached hydrogen (secondary N) is 1. The second kappa shape index (κ2) is 6.33. The van der Waals surface area contributed by atoms with E-state index < -0.39 is 22.0 Å². The quantitative estimate of drug-likeness (QED) is 0.853. The highest BCUT2D eigenvalue weighted by Gasteiger charge is 2.32. The standard InChI is InChI=1S/C17H18F2N4O2S/c1-11-7-8-21-17(2,9-11)16-22-14(15(18)19)10-23(16)12-3-5-13(6-4-12)26(20,24)25/h3-10,15,21H,1-2H3,(H2,20,24,25). The van der Waals surface area contributed by atoms with Gasteiger partial charge >= 0.3 is 0 Å². The van der Waals surface area contributed by atoms with Crippen LogP contribution in [0.2, 0.25) is 0 Å². The Morgan fingerprint density at radius 2 is 1.92 bits per heavy atom. The summed E-state index contributed by atoms with van der Waals surface area (Å²) in [5.41, 5.74) is 0.295. The van der Waals surface area contributed by atoms with E-state index in [1.165, 1.54) is 35.0 Å². The van der Waals surface area contributed by atoms with E-state index in [9.17, 15) is 17.2 Å². The first-order valence-corrected chi connectivity index (χ1v) is 9.30. The van der Waals surface area contributed by atoms with Gasteiger partial charge in [0, 0.05) is 11.9 Å². The molecule has 0 fully saturated rings. The number of benzene rings is 1. The molecule has 138 valence electrons. The molecular weight excluding hydrogens is 362 g/mol. The predicted molar refractivity (Wildman–Crippen MR) is 93.3 cm³/mol. The Balaban J connectivity index is 2.14. The van der Waals surface area contributed by atoms with Gasteiger partial charge in [0.25, 0.3) is 6.43 Å². The minimum absolute atomic E-state index is 0.0577. The van der Waals surface area contributed by atoms with Gasteiger partial charge in [-0.2, -0.15) is 0 Å². The molecule has 1 unspecified atom stereocenters. The van der Waals surface area contributed by atoms with Crippen molar-refractivity contribution < 1.29 is 17.2 Å². The van der Waals surface area contributed by atoms with Crippen LogP contribution in [0.15, 0.2) is 59.3 Å². The number of nitrogens with two attached hydrogens (primary N) is 1. The van der Waals surface area contributed by atoms with E-state index in [2.05, 4.69) is 10.3 Å². The van der Waals surface area contributed by atoms with E-state index in [1.807, 2.05) is 26.0 Å². The van der Waals surface area contributed by atoms with Crippen molar-refractivity contribution in [3.8, 4) is 5.69 Å². The van der Waals surface area contributed by atoms with Crippen LogP contribution in [0.3, 0.4) is 0 Å². The SMILES string of the molecule is CC1=CC(C)(c2nc(C(F)F)cn2-c2ccc(S(N)(=O)=O)cc2)NC=C1. The Morgan fingerprint density at radius 3 is 2.46 bits per heavy atom. The molecule has 3 N–H and O–H groups in total. The molecule has 26 heavy (non-hydrogen) atoms.